The summed E-state index contributed by atoms with van der Waals surface area (Å²) in [6.45, 7) is 2.27. The van der Waals surface area contributed by atoms with E-state index < -0.39 is 4.92 Å². The number of hydrogen-bond donors (Lipinski definition) is 2. The highest BCUT2D eigenvalue weighted by Crippen LogP contribution is 2.26. The maximum Gasteiger partial charge on any atom is 0.276 e. The van der Waals surface area contributed by atoms with Gasteiger partial charge in [-0.1, -0.05) is 19.8 Å². The van der Waals surface area contributed by atoms with E-state index in [9.17, 15) is 10.1 Å². The first-order valence-electron chi connectivity index (χ1n) is 6.73. The molecule has 2 atom stereocenters. The fourth-order valence-corrected chi connectivity index (χ4v) is 2.56. The maximum absolute atomic E-state index is 10.8. The van der Waals surface area contributed by atoms with Crippen LogP contribution >= 0.6 is 0 Å². The topological polar surface area (TPSA) is 94.1 Å². The minimum Gasteiger partial charge on any atom is -0.383 e. The van der Waals surface area contributed by atoms with Gasteiger partial charge in [0.15, 0.2) is 0 Å². The van der Waals surface area contributed by atoms with Gasteiger partial charge in [0.2, 0.25) is 0 Å². The van der Waals surface area contributed by atoms with Crippen molar-refractivity contribution in [2.45, 2.75) is 45.1 Å². The number of pyridine rings is 1. The molecule has 2 unspecified atom stereocenters. The number of nitrogens with two attached hydrogens (primary N) is 1. The number of hydrogen-bond acceptors (Lipinski definition) is 5. The Morgan fingerprint density at radius 2 is 2.16 bits per heavy atom. The van der Waals surface area contributed by atoms with Gasteiger partial charge in [-0.2, -0.15) is 0 Å². The van der Waals surface area contributed by atoms with Crippen molar-refractivity contribution in [1.29, 1.82) is 0 Å². The Bertz CT molecular complexity index is 464. The predicted octanol–water partition coefficient (Wildman–Crippen LogP) is 2.95. The second-order valence-corrected chi connectivity index (χ2v) is 5.35. The first kappa shape index (κ1) is 13.6. The summed E-state index contributed by atoms with van der Waals surface area (Å²) in [7, 11) is 0. The van der Waals surface area contributed by atoms with Gasteiger partial charge in [0.05, 0.1) is 17.1 Å². The first-order chi connectivity index (χ1) is 9.04. The van der Waals surface area contributed by atoms with Crippen molar-refractivity contribution < 1.29 is 4.92 Å². The van der Waals surface area contributed by atoms with Gasteiger partial charge in [0.25, 0.3) is 5.69 Å². The molecular weight excluding hydrogens is 244 g/mol. The van der Waals surface area contributed by atoms with Crippen LogP contribution in [0.5, 0.6) is 0 Å². The molecule has 1 saturated carbocycles. The highest BCUT2D eigenvalue weighted by molar-refractivity contribution is 5.53. The van der Waals surface area contributed by atoms with Crippen molar-refractivity contribution in [1.82, 2.24) is 4.98 Å². The van der Waals surface area contributed by atoms with Crippen LogP contribution in [0.25, 0.3) is 0 Å². The molecule has 0 aliphatic heterocycles. The molecule has 1 aromatic rings. The maximum atomic E-state index is 10.8. The van der Waals surface area contributed by atoms with Crippen LogP contribution < -0.4 is 11.1 Å². The van der Waals surface area contributed by atoms with E-state index in [-0.39, 0.29) is 11.5 Å². The standard InChI is InChI=1S/C13H20N4O2/c1-9-3-2-4-10(6-5-9)15-13-8-11(17(18)19)7-12(14)16-13/h7-10H,2-6H2,1H3,(H3,14,15,16). The third-order valence-corrected chi connectivity index (χ3v) is 3.65. The van der Waals surface area contributed by atoms with Gasteiger partial charge in [-0.25, -0.2) is 4.98 Å². The number of aromatic nitrogens is 1. The minimum absolute atomic E-state index is 0.0167. The van der Waals surface area contributed by atoms with Crippen molar-refractivity contribution in [2.24, 2.45) is 5.92 Å². The first-order valence-corrected chi connectivity index (χ1v) is 6.73. The number of rotatable bonds is 3. The van der Waals surface area contributed by atoms with Crippen LogP contribution in [0, 0.1) is 16.0 Å². The van der Waals surface area contributed by atoms with E-state index in [0.717, 1.165) is 18.8 Å². The third-order valence-electron chi connectivity index (χ3n) is 3.65. The molecule has 0 aromatic carbocycles. The van der Waals surface area contributed by atoms with Gasteiger partial charge in [-0.3, -0.25) is 10.1 Å². The average molecular weight is 264 g/mol. The summed E-state index contributed by atoms with van der Waals surface area (Å²) >= 11 is 0. The minimum atomic E-state index is -0.446. The van der Waals surface area contributed by atoms with E-state index >= 15 is 0 Å². The summed E-state index contributed by atoms with van der Waals surface area (Å²) in [5, 5.41) is 14.1. The van der Waals surface area contributed by atoms with Gasteiger partial charge in [-0.15, -0.1) is 0 Å². The van der Waals surface area contributed by atoms with E-state index in [4.69, 9.17) is 5.73 Å². The highest BCUT2D eigenvalue weighted by Gasteiger charge is 2.17. The van der Waals surface area contributed by atoms with Gasteiger partial charge >= 0.3 is 0 Å². The molecule has 1 aliphatic carbocycles. The quantitative estimate of drug-likeness (QED) is 0.497. The molecule has 19 heavy (non-hydrogen) atoms. The fraction of sp³-hybridized carbons (Fsp3) is 0.615. The molecular formula is C13H20N4O2. The van der Waals surface area contributed by atoms with E-state index in [1.165, 1.54) is 31.4 Å². The van der Waals surface area contributed by atoms with Crippen molar-refractivity contribution in [2.75, 3.05) is 11.1 Å². The van der Waals surface area contributed by atoms with Crippen LogP contribution in [-0.4, -0.2) is 15.9 Å². The van der Waals surface area contributed by atoms with Gasteiger partial charge < -0.3 is 11.1 Å². The Labute approximate surface area is 112 Å². The number of nitrogens with one attached hydrogen (secondary N) is 1. The van der Waals surface area contributed by atoms with Crippen LogP contribution in [0.1, 0.15) is 39.0 Å². The number of nitrogen functional groups attached to an aromatic ring is 1. The summed E-state index contributed by atoms with van der Waals surface area (Å²) in [6.07, 6.45) is 5.77. The molecule has 1 aromatic heterocycles. The fourth-order valence-electron chi connectivity index (χ4n) is 2.56. The Hall–Kier alpha value is -1.85. The number of nitrogens with zero attached hydrogens (tertiary/aromatic N) is 2. The highest BCUT2D eigenvalue weighted by atomic mass is 16.6. The number of nitro groups is 1. The lowest BCUT2D eigenvalue weighted by Crippen LogP contribution is -2.19. The van der Waals surface area contributed by atoms with Crippen molar-refractivity contribution >= 4 is 17.3 Å². The van der Waals surface area contributed by atoms with Crippen LogP contribution in [-0.2, 0) is 0 Å². The van der Waals surface area contributed by atoms with Gasteiger partial charge in [0.1, 0.15) is 11.6 Å². The Morgan fingerprint density at radius 1 is 1.37 bits per heavy atom. The van der Waals surface area contributed by atoms with Crippen LogP contribution in [0.2, 0.25) is 0 Å². The summed E-state index contributed by atoms with van der Waals surface area (Å²) in [5.41, 5.74) is 5.58. The largest absolute Gasteiger partial charge is 0.383 e. The molecule has 1 aliphatic rings. The smallest absolute Gasteiger partial charge is 0.276 e. The zero-order valence-electron chi connectivity index (χ0n) is 11.1. The molecule has 0 saturated heterocycles. The molecule has 3 N–H and O–H groups in total. The van der Waals surface area contributed by atoms with Crippen molar-refractivity contribution in [3.05, 3.63) is 22.2 Å². The van der Waals surface area contributed by atoms with Gasteiger partial charge in [0, 0.05) is 6.04 Å². The summed E-state index contributed by atoms with van der Waals surface area (Å²) in [5.74, 6) is 1.44. The zero-order chi connectivity index (χ0) is 13.8. The Kier molecular flexibility index (Phi) is 4.19. The summed E-state index contributed by atoms with van der Waals surface area (Å²) in [4.78, 5) is 14.5. The van der Waals surface area contributed by atoms with Gasteiger partial charge in [-0.05, 0) is 25.2 Å². The molecule has 1 fully saturated rings. The molecule has 104 valence electrons. The molecule has 6 heteroatoms. The molecule has 0 radical (unpaired) electrons. The summed E-state index contributed by atoms with van der Waals surface area (Å²) < 4.78 is 0. The van der Waals surface area contributed by atoms with E-state index in [0.29, 0.717) is 11.9 Å². The average Bonchev–Trinajstić information content (AvgIpc) is 2.54. The lowest BCUT2D eigenvalue weighted by Gasteiger charge is -2.17. The lowest BCUT2D eigenvalue weighted by atomic mass is 10.0. The predicted molar refractivity (Wildman–Crippen MR) is 75.0 cm³/mol. The molecule has 6 nitrogen and oxygen atoms in total. The SMILES string of the molecule is CC1CCCC(Nc2cc([N+](=O)[O-])cc(N)n2)CC1. The Balaban J connectivity index is 2.07. The molecule has 1 heterocycles. The van der Waals surface area contributed by atoms with Crippen LogP contribution in [0.15, 0.2) is 12.1 Å². The summed E-state index contributed by atoms with van der Waals surface area (Å²) in [6, 6.07) is 3.06. The van der Waals surface area contributed by atoms with Crippen molar-refractivity contribution in [3.8, 4) is 0 Å². The molecule has 0 amide bonds. The second-order valence-electron chi connectivity index (χ2n) is 5.35. The van der Waals surface area contributed by atoms with E-state index in [1.807, 2.05) is 0 Å². The second kappa shape index (κ2) is 5.86. The van der Waals surface area contributed by atoms with Crippen LogP contribution in [0.3, 0.4) is 0 Å². The number of anilines is 2. The normalized spacial score (nSPS) is 23.6. The zero-order valence-corrected chi connectivity index (χ0v) is 11.1. The van der Waals surface area contributed by atoms with E-state index in [2.05, 4.69) is 17.2 Å². The van der Waals surface area contributed by atoms with E-state index in [1.54, 1.807) is 0 Å². The Morgan fingerprint density at radius 3 is 2.89 bits per heavy atom. The lowest BCUT2D eigenvalue weighted by molar-refractivity contribution is -0.384. The van der Waals surface area contributed by atoms with Crippen molar-refractivity contribution in [3.63, 3.8) is 0 Å². The molecule has 0 spiro atoms. The third kappa shape index (κ3) is 3.81. The molecule has 2 rings (SSSR count). The van der Waals surface area contributed by atoms with Crippen LogP contribution in [0.4, 0.5) is 17.3 Å². The molecule has 0 bridgehead atoms. The monoisotopic (exact) mass is 264 g/mol.